The molecule has 0 aliphatic heterocycles. The lowest BCUT2D eigenvalue weighted by Gasteiger charge is -1.96. The second kappa shape index (κ2) is 4.89. The summed E-state index contributed by atoms with van der Waals surface area (Å²) in [6.45, 7) is 1.99. The summed E-state index contributed by atoms with van der Waals surface area (Å²) in [5.74, 6) is 1.09. The van der Waals surface area contributed by atoms with Crippen molar-refractivity contribution in [2.45, 2.75) is 13.3 Å². The van der Waals surface area contributed by atoms with E-state index >= 15 is 0 Å². The number of hydrogen-bond acceptors (Lipinski definition) is 5. The Kier molecular flexibility index (Phi) is 3.31. The summed E-state index contributed by atoms with van der Waals surface area (Å²) in [7, 11) is 0. The normalized spacial score (nSPS) is 10.3. The zero-order valence-corrected chi connectivity index (χ0v) is 9.58. The van der Waals surface area contributed by atoms with E-state index in [4.69, 9.17) is 4.52 Å². The molecule has 0 unspecified atom stereocenters. The number of aromatic nitrogens is 2. The summed E-state index contributed by atoms with van der Waals surface area (Å²) in [5, 5.41) is 8.50. The van der Waals surface area contributed by atoms with E-state index in [1.165, 1.54) is 6.92 Å². The van der Waals surface area contributed by atoms with Crippen molar-refractivity contribution >= 4 is 17.2 Å². The van der Waals surface area contributed by atoms with Crippen molar-refractivity contribution in [2.24, 2.45) is 0 Å². The fourth-order valence-corrected chi connectivity index (χ4v) is 1.86. The largest absolute Gasteiger partial charge is 0.356 e. The van der Waals surface area contributed by atoms with Crippen LogP contribution in [0, 0.1) is 0 Å². The van der Waals surface area contributed by atoms with Crippen molar-refractivity contribution in [1.29, 1.82) is 0 Å². The van der Waals surface area contributed by atoms with E-state index in [-0.39, 0.29) is 5.91 Å². The van der Waals surface area contributed by atoms with Crippen LogP contribution in [0.15, 0.2) is 22.0 Å². The van der Waals surface area contributed by atoms with Crippen LogP contribution in [-0.2, 0) is 11.2 Å². The zero-order chi connectivity index (χ0) is 11.4. The van der Waals surface area contributed by atoms with Gasteiger partial charge in [0, 0.05) is 19.9 Å². The standard InChI is InChI=1S/C10H11N3O2S/c1-7(14)11-5-4-9-12-10(13-15-9)8-3-2-6-16-8/h2-3,6H,4-5H2,1H3,(H,11,14). The van der Waals surface area contributed by atoms with Crippen molar-refractivity contribution in [1.82, 2.24) is 15.5 Å². The second-order valence-electron chi connectivity index (χ2n) is 3.22. The van der Waals surface area contributed by atoms with Crippen molar-refractivity contribution in [3.63, 3.8) is 0 Å². The van der Waals surface area contributed by atoms with Gasteiger partial charge in [-0.1, -0.05) is 11.2 Å². The molecule has 0 saturated carbocycles. The highest BCUT2D eigenvalue weighted by atomic mass is 32.1. The van der Waals surface area contributed by atoms with Gasteiger partial charge in [0.1, 0.15) is 0 Å². The lowest BCUT2D eigenvalue weighted by molar-refractivity contribution is -0.118. The Morgan fingerprint density at radius 1 is 1.62 bits per heavy atom. The lowest BCUT2D eigenvalue weighted by atomic mass is 10.4. The van der Waals surface area contributed by atoms with Crippen LogP contribution in [0.3, 0.4) is 0 Å². The van der Waals surface area contributed by atoms with Crippen LogP contribution in [-0.4, -0.2) is 22.6 Å². The molecule has 0 fully saturated rings. The summed E-state index contributed by atoms with van der Waals surface area (Å²) in [6.07, 6.45) is 0.554. The Morgan fingerprint density at radius 2 is 2.50 bits per heavy atom. The highest BCUT2D eigenvalue weighted by Gasteiger charge is 2.08. The lowest BCUT2D eigenvalue weighted by Crippen LogP contribution is -2.22. The maximum absolute atomic E-state index is 10.6. The fourth-order valence-electron chi connectivity index (χ4n) is 1.21. The smallest absolute Gasteiger partial charge is 0.228 e. The van der Waals surface area contributed by atoms with Gasteiger partial charge in [-0.15, -0.1) is 11.3 Å². The van der Waals surface area contributed by atoms with Gasteiger partial charge in [-0.3, -0.25) is 4.79 Å². The number of carbonyl (C=O) groups is 1. The van der Waals surface area contributed by atoms with E-state index in [0.29, 0.717) is 24.7 Å². The fraction of sp³-hybridized carbons (Fsp3) is 0.300. The molecule has 0 bridgehead atoms. The summed E-state index contributed by atoms with van der Waals surface area (Å²) in [5.41, 5.74) is 0. The Bertz CT molecular complexity index is 464. The first kappa shape index (κ1) is 10.8. The zero-order valence-electron chi connectivity index (χ0n) is 8.77. The molecule has 84 valence electrons. The third-order valence-corrected chi connectivity index (χ3v) is 2.79. The average Bonchev–Trinajstić information content (AvgIpc) is 2.85. The second-order valence-corrected chi connectivity index (χ2v) is 4.17. The van der Waals surface area contributed by atoms with Crippen LogP contribution < -0.4 is 5.32 Å². The molecule has 0 aliphatic rings. The SMILES string of the molecule is CC(=O)NCCc1nc(-c2cccs2)no1. The van der Waals surface area contributed by atoms with E-state index in [2.05, 4.69) is 15.5 Å². The first-order valence-electron chi connectivity index (χ1n) is 4.86. The Morgan fingerprint density at radius 3 is 3.19 bits per heavy atom. The van der Waals surface area contributed by atoms with Crippen LogP contribution in [0.1, 0.15) is 12.8 Å². The quantitative estimate of drug-likeness (QED) is 0.874. The number of nitrogens with zero attached hydrogens (tertiary/aromatic N) is 2. The minimum atomic E-state index is -0.0574. The average molecular weight is 237 g/mol. The number of thiophene rings is 1. The van der Waals surface area contributed by atoms with E-state index in [0.717, 1.165) is 4.88 Å². The van der Waals surface area contributed by atoms with E-state index in [1.54, 1.807) is 11.3 Å². The number of carbonyl (C=O) groups excluding carboxylic acids is 1. The predicted molar refractivity (Wildman–Crippen MR) is 60.0 cm³/mol. The number of rotatable bonds is 4. The number of hydrogen-bond donors (Lipinski definition) is 1. The highest BCUT2D eigenvalue weighted by Crippen LogP contribution is 2.21. The van der Waals surface area contributed by atoms with Gasteiger partial charge in [-0.25, -0.2) is 0 Å². The van der Waals surface area contributed by atoms with Gasteiger partial charge >= 0.3 is 0 Å². The van der Waals surface area contributed by atoms with Gasteiger partial charge in [-0.05, 0) is 11.4 Å². The molecule has 2 rings (SSSR count). The molecule has 5 nitrogen and oxygen atoms in total. The van der Waals surface area contributed by atoms with Crippen molar-refractivity contribution in [3.8, 4) is 10.7 Å². The van der Waals surface area contributed by atoms with Gasteiger partial charge in [0.05, 0.1) is 4.88 Å². The summed E-state index contributed by atoms with van der Waals surface area (Å²) in [4.78, 5) is 15.9. The molecule has 0 saturated heterocycles. The molecule has 1 amide bonds. The van der Waals surface area contributed by atoms with Crippen LogP contribution in [0.2, 0.25) is 0 Å². The van der Waals surface area contributed by atoms with E-state index in [1.807, 2.05) is 17.5 Å². The Balaban J connectivity index is 1.95. The molecular formula is C10H11N3O2S. The molecule has 16 heavy (non-hydrogen) atoms. The topological polar surface area (TPSA) is 68.0 Å². The maximum Gasteiger partial charge on any atom is 0.228 e. The minimum Gasteiger partial charge on any atom is -0.356 e. The molecule has 0 atom stereocenters. The number of nitrogens with one attached hydrogen (secondary N) is 1. The van der Waals surface area contributed by atoms with Gasteiger partial charge in [-0.2, -0.15) is 4.98 Å². The van der Waals surface area contributed by atoms with Gasteiger partial charge in [0.2, 0.25) is 17.6 Å². The Hall–Kier alpha value is -1.69. The maximum atomic E-state index is 10.6. The summed E-state index contributed by atoms with van der Waals surface area (Å²) >= 11 is 1.56. The molecule has 2 aromatic rings. The molecule has 2 aromatic heterocycles. The predicted octanol–water partition coefficient (Wildman–Crippen LogP) is 1.48. The molecule has 0 aromatic carbocycles. The molecule has 0 radical (unpaired) electrons. The molecule has 6 heteroatoms. The first-order valence-corrected chi connectivity index (χ1v) is 5.74. The van der Waals surface area contributed by atoms with Gasteiger partial charge in [0.15, 0.2) is 0 Å². The van der Waals surface area contributed by atoms with E-state index < -0.39 is 0 Å². The highest BCUT2D eigenvalue weighted by molar-refractivity contribution is 7.13. The van der Waals surface area contributed by atoms with Gasteiger partial charge < -0.3 is 9.84 Å². The molecule has 1 N–H and O–H groups in total. The van der Waals surface area contributed by atoms with Crippen molar-refractivity contribution in [2.75, 3.05) is 6.54 Å². The molecule has 0 spiro atoms. The van der Waals surface area contributed by atoms with Crippen LogP contribution in [0.25, 0.3) is 10.7 Å². The summed E-state index contributed by atoms with van der Waals surface area (Å²) < 4.78 is 5.06. The molecular weight excluding hydrogens is 226 g/mol. The van der Waals surface area contributed by atoms with Crippen LogP contribution in [0.5, 0.6) is 0 Å². The monoisotopic (exact) mass is 237 g/mol. The summed E-state index contributed by atoms with van der Waals surface area (Å²) in [6, 6.07) is 3.88. The van der Waals surface area contributed by atoms with E-state index in [9.17, 15) is 4.79 Å². The first-order chi connectivity index (χ1) is 7.75. The third-order valence-electron chi connectivity index (χ3n) is 1.92. The Labute approximate surface area is 96.5 Å². The molecule has 0 aliphatic carbocycles. The molecule has 2 heterocycles. The van der Waals surface area contributed by atoms with Crippen molar-refractivity contribution in [3.05, 3.63) is 23.4 Å². The van der Waals surface area contributed by atoms with Crippen molar-refractivity contribution < 1.29 is 9.32 Å². The number of amides is 1. The van der Waals surface area contributed by atoms with Crippen LogP contribution >= 0.6 is 11.3 Å². The van der Waals surface area contributed by atoms with Gasteiger partial charge in [0.25, 0.3) is 0 Å². The van der Waals surface area contributed by atoms with Crippen LogP contribution in [0.4, 0.5) is 0 Å². The minimum absolute atomic E-state index is 0.0574. The third kappa shape index (κ3) is 2.66.